The molecule has 0 bridgehead atoms. The second kappa shape index (κ2) is 7.42. The molecule has 82 valence electrons. The minimum absolute atomic E-state index is 0.188. The molecule has 0 radical (unpaired) electrons. The first kappa shape index (κ1) is 15.5. The number of hydrogen-bond donors (Lipinski definition) is 0. The number of halogens is 3. The highest BCUT2D eigenvalue weighted by Crippen LogP contribution is 2.10. The van der Waals surface area contributed by atoms with Gasteiger partial charge in [0.2, 0.25) is 0 Å². The van der Waals surface area contributed by atoms with Gasteiger partial charge in [0.15, 0.2) is 0 Å². The summed E-state index contributed by atoms with van der Waals surface area (Å²) in [7, 11) is 0. The van der Waals surface area contributed by atoms with Gasteiger partial charge in [0.1, 0.15) is 0 Å². The van der Waals surface area contributed by atoms with E-state index in [0.717, 1.165) is 0 Å². The molecule has 0 aromatic heterocycles. The molecule has 0 nitrogen and oxygen atoms in total. The van der Waals surface area contributed by atoms with Crippen LogP contribution in [0.2, 0.25) is 0 Å². The maximum atomic E-state index is 10.4. The Morgan fingerprint density at radius 1 is 1.21 bits per heavy atom. The van der Waals surface area contributed by atoms with E-state index in [-0.39, 0.29) is 6.92 Å². The van der Waals surface area contributed by atoms with Crippen molar-refractivity contribution in [2.45, 2.75) is 26.9 Å². The van der Waals surface area contributed by atoms with Crippen molar-refractivity contribution in [1.29, 1.82) is 0 Å². The maximum Gasteiger partial charge on any atom is 0.386 e. The Bertz CT molecular complexity index is 191. The molecule has 0 rings (SSSR count). The number of allylic oxidation sites excluding steroid dienone is 4. The Morgan fingerprint density at radius 2 is 1.57 bits per heavy atom. The molecule has 14 heavy (non-hydrogen) atoms. The van der Waals surface area contributed by atoms with Crippen LogP contribution in [-0.2, 0) is 0 Å². The summed E-state index contributed by atoms with van der Waals surface area (Å²) in [6.45, 7) is 11.8. The highest BCUT2D eigenvalue weighted by molar-refractivity contribution is 5.22. The molecule has 0 amide bonds. The summed E-state index contributed by atoms with van der Waals surface area (Å²) in [5, 5.41) is 0. The lowest BCUT2D eigenvalue weighted by Gasteiger charge is -2.02. The fraction of sp³-hybridized carbons (Fsp3) is 0.455. The van der Waals surface area contributed by atoms with Gasteiger partial charge in [0.05, 0.1) is 0 Å². The van der Waals surface area contributed by atoms with Gasteiger partial charge in [-0.3, -0.25) is 0 Å². The van der Waals surface area contributed by atoms with Gasteiger partial charge in [-0.25, -0.2) is 0 Å². The van der Waals surface area contributed by atoms with E-state index >= 15 is 0 Å². The SMILES string of the molecule is C=C/C=C(\C=C)C(C)C.CC(F)(F)F. The minimum Gasteiger partial charge on any atom is -0.172 e. The number of rotatable bonds is 3. The van der Waals surface area contributed by atoms with Crippen LogP contribution in [0.1, 0.15) is 20.8 Å². The van der Waals surface area contributed by atoms with Gasteiger partial charge >= 0.3 is 6.18 Å². The van der Waals surface area contributed by atoms with Gasteiger partial charge in [-0.05, 0) is 11.5 Å². The number of alkyl halides is 3. The lowest BCUT2D eigenvalue weighted by molar-refractivity contribution is -0.110. The molecule has 0 aliphatic heterocycles. The molecule has 0 spiro atoms. The zero-order chi connectivity index (χ0) is 11.8. The van der Waals surface area contributed by atoms with Crippen molar-refractivity contribution in [3.63, 3.8) is 0 Å². The largest absolute Gasteiger partial charge is 0.386 e. The van der Waals surface area contributed by atoms with Gasteiger partial charge in [0.25, 0.3) is 0 Å². The van der Waals surface area contributed by atoms with Gasteiger partial charge in [-0.2, -0.15) is 13.2 Å². The van der Waals surface area contributed by atoms with Crippen LogP contribution in [0.25, 0.3) is 0 Å². The maximum absolute atomic E-state index is 10.4. The predicted octanol–water partition coefficient (Wildman–Crippen LogP) is 4.51. The van der Waals surface area contributed by atoms with Gasteiger partial charge in [-0.1, -0.05) is 45.2 Å². The summed E-state index contributed by atoms with van der Waals surface area (Å²) in [6, 6.07) is 0. The zero-order valence-electron chi connectivity index (χ0n) is 8.86. The van der Waals surface area contributed by atoms with Crippen LogP contribution >= 0.6 is 0 Å². The Balaban J connectivity index is 0. The second-order valence-corrected chi connectivity index (χ2v) is 3.04. The van der Waals surface area contributed by atoms with Crippen LogP contribution in [-0.4, -0.2) is 6.18 Å². The van der Waals surface area contributed by atoms with E-state index in [1.807, 2.05) is 12.2 Å². The molecule has 3 heteroatoms. The summed E-state index contributed by atoms with van der Waals surface area (Å²) in [6.07, 6.45) is 1.64. The highest BCUT2D eigenvalue weighted by atomic mass is 19.4. The van der Waals surface area contributed by atoms with Gasteiger partial charge < -0.3 is 0 Å². The standard InChI is InChI=1S/C9H14.C2H3F3/c1-5-7-9(6-2)8(3)4;1-2(3,4)5/h5-8H,1-2H2,3-4H3;1H3/b9-7+;. The highest BCUT2D eigenvalue weighted by Gasteiger charge is 2.15. The zero-order valence-corrected chi connectivity index (χ0v) is 8.86. The van der Waals surface area contributed by atoms with Crippen molar-refractivity contribution in [2.75, 3.05) is 0 Å². The lowest BCUT2D eigenvalue weighted by Crippen LogP contribution is -1.95. The molecule has 0 heterocycles. The monoisotopic (exact) mass is 206 g/mol. The third-order valence-electron chi connectivity index (χ3n) is 1.21. The van der Waals surface area contributed by atoms with Crippen LogP contribution in [0.3, 0.4) is 0 Å². The van der Waals surface area contributed by atoms with E-state index in [1.165, 1.54) is 5.57 Å². The summed E-state index contributed by atoms with van der Waals surface area (Å²) >= 11 is 0. The Kier molecular flexibility index (Phi) is 8.20. The van der Waals surface area contributed by atoms with Crippen molar-refractivity contribution in [3.8, 4) is 0 Å². The second-order valence-electron chi connectivity index (χ2n) is 3.04. The van der Waals surface area contributed by atoms with Crippen LogP contribution in [0.5, 0.6) is 0 Å². The molecule has 0 saturated carbocycles. The average Bonchev–Trinajstić information content (AvgIpc) is 1.96. The van der Waals surface area contributed by atoms with Crippen LogP contribution < -0.4 is 0 Å². The lowest BCUT2D eigenvalue weighted by atomic mass is 10.0. The molecule has 0 fully saturated rings. The molecule has 0 aromatic carbocycles. The third-order valence-corrected chi connectivity index (χ3v) is 1.21. The minimum atomic E-state index is -4.00. The van der Waals surface area contributed by atoms with E-state index in [4.69, 9.17) is 0 Å². The molecule has 0 aliphatic rings. The summed E-state index contributed by atoms with van der Waals surface area (Å²) < 4.78 is 31.1. The third kappa shape index (κ3) is 17.2. The van der Waals surface area contributed by atoms with Crippen LogP contribution in [0.15, 0.2) is 37.0 Å². The Labute approximate surface area is 83.8 Å². The Hall–Kier alpha value is -0.990. The van der Waals surface area contributed by atoms with E-state index < -0.39 is 6.18 Å². The topological polar surface area (TPSA) is 0 Å². The van der Waals surface area contributed by atoms with Crippen LogP contribution in [0.4, 0.5) is 13.2 Å². The van der Waals surface area contributed by atoms with Crippen molar-refractivity contribution in [1.82, 2.24) is 0 Å². The predicted molar refractivity (Wildman–Crippen MR) is 55.0 cm³/mol. The van der Waals surface area contributed by atoms with E-state index in [2.05, 4.69) is 27.0 Å². The van der Waals surface area contributed by atoms with Crippen molar-refractivity contribution >= 4 is 0 Å². The quantitative estimate of drug-likeness (QED) is 0.596. The van der Waals surface area contributed by atoms with Gasteiger partial charge in [-0.15, -0.1) is 0 Å². The molecular weight excluding hydrogens is 189 g/mol. The molecule has 0 aliphatic carbocycles. The summed E-state index contributed by atoms with van der Waals surface area (Å²) in [5.41, 5.74) is 1.24. The first-order valence-corrected chi connectivity index (χ1v) is 4.24. The fourth-order valence-corrected chi connectivity index (χ4v) is 0.632. The van der Waals surface area contributed by atoms with Crippen molar-refractivity contribution < 1.29 is 13.2 Å². The van der Waals surface area contributed by atoms with E-state index in [0.29, 0.717) is 5.92 Å². The number of hydrogen-bond acceptors (Lipinski definition) is 0. The molecule has 0 atom stereocenters. The van der Waals surface area contributed by atoms with Crippen molar-refractivity contribution in [3.05, 3.63) is 37.0 Å². The van der Waals surface area contributed by atoms with E-state index in [1.54, 1.807) is 6.08 Å². The van der Waals surface area contributed by atoms with E-state index in [9.17, 15) is 13.2 Å². The summed E-state index contributed by atoms with van der Waals surface area (Å²) in [5.74, 6) is 0.556. The molecule has 0 saturated heterocycles. The molecule has 0 aromatic rings. The van der Waals surface area contributed by atoms with Crippen LogP contribution in [0, 0.1) is 5.92 Å². The average molecular weight is 206 g/mol. The first-order chi connectivity index (χ1) is 6.22. The Morgan fingerprint density at radius 3 is 1.64 bits per heavy atom. The molecule has 0 unspecified atom stereocenters. The normalized spacial score (nSPS) is 11.8. The molecule has 0 N–H and O–H groups in total. The van der Waals surface area contributed by atoms with Gasteiger partial charge in [0, 0.05) is 6.92 Å². The first-order valence-electron chi connectivity index (χ1n) is 4.24. The van der Waals surface area contributed by atoms with Crippen molar-refractivity contribution in [2.24, 2.45) is 5.92 Å². The summed E-state index contributed by atoms with van der Waals surface area (Å²) in [4.78, 5) is 0. The molecular formula is C11H17F3. The fourth-order valence-electron chi connectivity index (χ4n) is 0.632. The smallest absolute Gasteiger partial charge is 0.172 e.